The van der Waals surface area contributed by atoms with Crippen LogP contribution in [0.4, 0.5) is 4.39 Å². The molecule has 106 valence electrons. The summed E-state index contributed by atoms with van der Waals surface area (Å²) in [7, 11) is 0. The van der Waals surface area contributed by atoms with E-state index in [4.69, 9.17) is 0 Å². The summed E-state index contributed by atoms with van der Waals surface area (Å²) in [6, 6.07) is 7.40. The lowest BCUT2D eigenvalue weighted by Crippen LogP contribution is -2.43. The van der Waals surface area contributed by atoms with Crippen LogP contribution in [0.3, 0.4) is 0 Å². The average molecular weight is 263 g/mol. The Morgan fingerprint density at radius 1 is 1.16 bits per heavy atom. The van der Waals surface area contributed by atoms with Gasteiger partial charge in [-0.15, -0.1) is 0 Å². The zero-order valence-electron chi connectivity index (χ0n) is 12.6. The third kappa shape index (κ3) is 4.31. The van der Waals surface area contributed by atoms with Gasteiger partial charge in [-0.25, -0.2) is 4.39 Å². The maximum atomic E-state index is 13.2. The Balaban J connectivity index is 1.96. The van der Waals surface area contributed by atoms with Gasteiger partial charge in [0.2, 0.25) is 0 Å². The van der Waals surface area contributed by atoms with Gasteiger partial charge >= 0.3 is 0 Å². The molecule has 0 unspecified atom stereocenters. The minimum atomic E-state index is -0.149. The maximum absolute atomic E-state index is 13.2. The van der Waals surface area contributed by atoms with Crippen LogP contribution in [-0.4, -0.2) is 6.04 Å². The molecule has 2 heteroatoms. The number of nitrogens with one attached hydrogen (secondary N) is 1. The molecule has 1 saturated carbocycles. The fourth-order valence-electron chi connectivity index (χ4n) is 3.90. The molecule has 1 aromatic carbocycles. The van der Waals surface area contributed by atoms with Gasteiger partial charge in [-0.1, -0.05) is 39.8 Å². The zero-order valence-corrected chi connectivity index (χ0v) is 12.6. The van der Waals surface area contributed by atoms with E-state index in [-0.39, 0.29) is 5.82 Å². The first-order chi connectivity index (χ1) is 8.76. The second kappa shape index (κ2) is 5.24. The van der Waals surface area contributed by atoms with Crippen LogP contribution in [0.1, 0.15) is 52.5 Å². The predicted molar refractivity (Wildman–Crippen MR) is 78.4 cm³/mol. The number of hydrogen-bond donors (Lipinski definition) is 1. The van der Waals surface area contributed by atoms with Crippen molar-refractivity contribution in [1.29, 1.82) is 0 Å². The monoisotopic (exact) mass is 263 g/mol. The quantitative estimate of drug-likeness (QED) is 0.845. The topological polar surface area (TPSA) is 12.0 Å². The van der Waals surface area contributed by atoms with Crippen molar-refractivity contribution in [3.8, 4) is 0 Å². The molecular formula is C17H26FN. The van der Waals surface area contributed by atoms with E-state index in [2.05, 4.69) is 33.0 Å². The van der Waals surface area contributed by atoms with Gasteiger partial charge in [0.25, 0.3) is 0 Å². The molecule has 19 heavy (non-hydrogen) atoms. The summed E-state index contributed by atoms with van der Waals surface area (Å²) in [6.45, 7) is 10.2. The molecule has 0 bridgehead atoms. The molecule has 0 amide bonds. The Morgan fingerprint density at radius 2 is 1.79 bits per heavy atom. The highest BCUT2D eigenvalue weighted by Crippen LogP contribution is 2.45. The van der Waals surface area contributed by atoms with Crippen LogP contribution in [0.15, 0.2) is 24.3 Å². The Kier molecular flexibility index (Phi) is 4.00. The highest BCUT2D eigenvalue weighted by Gasteiger charge is 2.38. The lowest BCUT2D eigenvalue weighted by Gasteiger charge is -2.45. The van der Waals surface area contributed by atoms with Gasteiger partial charge in [-0.05, 0) is 47.8 Å². The Hall–Kier alpha value is -0.890. The van der Waals surface area contributed by atoms with Crippen molar-refractivity contribution in [1.82, 2.24) is 5.32 Å². The molecule has 1 aliphatic carbocycles. The molecular weight excluding hydrogens is 237 g/mol. The van der Waals surface area contributed by atoms with Crippen molar-refractivity contribution >= 4 is 0 Å². The van der Waals surface area contributed by atoms with E-state index in [1.54, 1.807) is 12.1 Å². The molecule has 0 radical (unpaired) electrons. The molecule has 1 aromatic rings. The summed E-state index contributed by atoms with van der Waals surface area (Å²) in [5, 5.41) is 3.61. The maximum Gasteiger partial charge on any atom is 0.123 e. The van der Waals surface area contributed by atoms with Crippen LogP contribution in [-0.2, 0) is 6.54 Å². The smallest absolute Gasteiger partial charge is 0.123 e. The normalized spacial score (nSPS) is 22.4. The van der Waals surface area contributed by atoms with Crippen LogP contribution in [0, 0.1) is 16.6 Å². The van der Waals surface area contributed by atoms with E-state index in [0.717, 1.165) is 12.1 Å². The highest BCUT2D eigenvalue weighted by molar-refractivity contribution is 5.16. The van der Waals surface area contributed by atoms with Gasteiger partial charge in [-0.2, -0.15) is 0 Å². The molecule has 0 heterocycles. The van der Waals surface area contributed by atoms with E-state index in [9.17, 15) is 4.39 Å². The fraction of sp³-hybridized carbons (Fsp3) is 0.647. The first-order valence-corrected chi connectivity index (χ1v) is 7.24. The van der Waals surface area contributed by atoms with E-state index in [0.29, 0.717) is 16.9 Å². The number of benzene rings is 1. The third-order valence-corrected chi connectivity index (χ3v) is 4.04. The summed E-state index contributed by atoms with van der Waals surface area (Å²) < 4.78 is 13.2. The van der Waals surface area contributed by atoms with Crippen LogP contribution in [0.2, 0.25) is 0 Å². The van der Waals surface area contributed by atoms with Crippen molar-refractivity contribution in [2.75, 3.05) is 0 Å². The summed E-state index contributed by atoms with van der Waals surface area (Å²) in [5.74, 6) is -0.149. The van der Waals surface area contributed by atoms with E-state index in [1.807, 2.05) is 6.07 Å². The molecule has 1 nitrogen and oxygen atoms in total. The summed E-state index contributed by atoms with van der Waals surface area (Å²) >= 11 is 0. The molecule has 0 spiro atoms. The lowest BCUT2D eigenvalue weighted by atomic mass is 9.63. The molecule has 0 aliphatic heterocycles. The number of halogens is 1. The predicted octanol–water partition coefficient (Wildman–Crippen LogP) is 4.52. The molecule has 2 rings (SSSR count). The minimum Gasteiger partial charge on any atom is -0.310 e. The summed E-state index contributed by atoms with van der Waals surface area (Å²) in [4.78, 5) is 0. The van der Waals surface area contributed by atoms with Gasteiger partial charge in [0.05, 0.1) is 0 Å². The van der Waals surface area contributed by atoms with E-state index >= 15 is 0 Å². The van der Waals surface area contributed by atoms with Crippen molar-refractivity contribution in [3.05, 3.63) is 35.6 Å². The van der Waals surface area contributed by atoms with Gasteiger partial charge in [0.1, 0.15) is 5.82 Å². The summed E-state index contributed by atoms with van der Waals surface area (Å²) in [6.07, 6.45) is 3.68. The Labute approximate surface area is 116 Å². The minimum absolute atomic E-state index is 0.149. The number of hydrogen-bond acceptors (Lipinski definition) is 1. The van der Waals surface area contributed by atoms with Gasteiger partial charge in [0, 0.05) is 12.6 Å². The fourth-order valence-corrected chi connectivity index (χ4v) is 3.90. The van der Waals surface area contributed by atoms with Crippen LogP contribution in [0.5, 0.6) is 0 Å². The average Bonchev–Trinajstić information content (AvgIpc) is 2.22. The Morgan fingerprint density at radius 3 is 2.37 bits per heavy atom. The molecule has 0 saturated heterocycles. The van der Waals surface area contributed by atoms with Gasteiger partial charge in [0.15, 0.2) is 0 Å². The largest absolute Gasteiger partial charge is 0.310 e. The highest BCUT2D eigenvalue weighted by atomic mass is 19.1. The van der Waals surface area contributed by atoms with Crippen LogP contribution >= 0.6 is 0 Å². The number of rotatable bonds is 3. The zero-order chi connectivity index (χ0) is 14.1. The van der Waals surface area contributed by atoms with Crippen molar-refractivity contribution in [3.63, 3.8) is 0 Å². The molecule has 0 aromatic heterocycles. The van der Waals surface area contributed by atoms with Crippen molar-refractivity contribution in [2.45, 2.75) is 59.5 Å². The Bertz CT molecular complexity index is 421. The molecule has 1 aliphatic rings. The van der Waals surface area contributed by atoms with Gasteiger partial charge < -0.3 is 5.32 Å². The third-order valence-electron chi connectivity index (χ3n) is 4.04. The van der Waals surface area contributed by atoms with Crippen LogP contribution in [0.25, 0.3) is 0 Å². The van der Waals surface area contributed by atoms with Crippen LogP contribution < -0.4 is 5.32 Å². The lowest BCUT2D eigenvalue weighted by molar-refractivity contribution is 0.0845. The van der Waals surface area contributed by atoms with E-state index in [1.165, 1.54) is 25.3 Å². The van der Waals surface area contributed by atoms with Crippen molar-refractivity contribution in [2.24, 2.45) is 10.8 Å². The van der Waals surface area contributed by atoms with Crippen molar-refractivity contribution < 1.29 is 4.39 Å². The molecule has 1 N–H and O–H groups in total. The molecule has 0 atom stereocenters. The first kappa shape index (κ1) is 14.5. The second-order valence-electron chi connectivity index (χ2n) is 7.62. The summed E-state index contributed by atoms with van der Waals surface area (Å²) in [5.41, 5.74) is 1.81. The molecule has 1 fully saturated rings. The SMILES string of the molecule is CC1(C)CC(NCc2cccc(F)c2)CC(C)(C)C1. The van der Waals surface area contributed by atoms with Gasteiger partial charge in [-0.3, -0.25) is 0 Å². The first-order valence-electron chi connectivity index (χ1n) is 7.24. The standard InChI is InChI=1S/C17H26FN/c1-16(2)9-15(10-17(3,4)12-16)19-11-13-6-5-7-14(18)8-13/h5-8,15,19H,9-12H2,1-4H3. The van der Waals surface area contributed by atoms with E-state index < -0.39 is 0 Å². The second-order valence-corrected chi connectivity index (χ2v) is 7.62.